The first-order chi connectivity index (χ1) is 9.93. The van der Waals surface area contributed by atoms with E-state index in [4.69, 9.17) is 0 Å². The highest BCUT2D eigenvalue weighted by atomic mass is 32.2. The normalized spacial score (nSPS) is 14.6. The van der Waals surface area contributed by atoms with E-state index in [1.165, 1.54) is 30.8 Å². The number of nitrogens with zero attached hydrogens (tertiary/aromatic N) is 3. The Kier molecular flexibility index (Phi) is 4.58. The number of benzene rings is 1. The SMILES string of the molecule is c1ccc(NCCSc2nnc3n2CCCCC3)cc1. The van der Waals surface area contributed by atoms with Crippen LogP contribution in [0, 0.1) is 0 Å². The maximum absolute atomic E-state index is 4.33. The maximum atomic E-state index is 4.33. The minimum Gasteiger partial charge on any atom is -0.384 e. The standard InChI is InChI=1S/C15H20N4S/c1-3-7-13(8-4-1)16-10-12-20-15-18-17-14-9-5-2-6-11-19(14)15/h1,3-4,7-8,16H,2,5-6,9-12H2. The van der Waals surface area contributed by atoms with Crippen LogP contribution in [-0.2, 0) is 13.0 Å². The van der Waals surface area contributed by atoms with Crippen molar-refractivity contribution in [1.29, 1.82) is 0 Å². The highest BCUT2D eigenvalue weighted by molar-refractivity contribution is 7.99. The molecule has 0 aliphatic carbocycles. The number of hydrogen-bond donors (Lipinski definition) is 1. The van der Waals surface area contributed by atoms with Crippen molar-refractivity contribution < 1.29 is 0 Å². The molecule has 20 heavy (non-hydrogen) atoms. The van der Waals surface area contributed by atoms with Crippen LogP contribution in [-0.4, -0.2) is 27.1 Å². The van der Waals surface area contributed by atoms with Crippen molar-refractivity contribution in [2.45, 2.75) is 37.4 Å². The quantitative estimate of drug-likeness (QED) is 0.677. The number of rotatable bonds is 5. The molecule has 0 unspecified atom stereocenters. The lowest BCUT2D eigenvalue weighted by atomic mass is 10.2. The van der Waals surface area contributed by atoms with E-state index in [0.717, 1.165) is 30.4 Å². The lowest BCUT2D eigenvalue weighted by molar-refractivity contribution is 0.591. The molecular weight excluding hydrogens is 268 g/mol. The molecule has 4 nitrogen and oxygen atoms in total. The van der Waals surface area contributed by atoms with Gasteiger partial charge in [0.2, 0.25) is 0 Å². The molecule has 0 saturated carbocycles. The molecule has 1 aliphatic rings. The van der Waals surface area contributed by atoms with Crippen molar-refractivity contribution >= 4 is 17.4 Å². The van der Waals surface area contributed by atoms with Crippen LogP contribution in [0.2, 0.25) is 0 Å². The van der Waals surface area contributed by atoms with Crippen LogP contribution in [0.3, 0.4) is 0 Å². The zero-order valence-corrected chi connectivity index (χ0v) is 12.4. The van der Waals surface area contributed by atoms with E-state index in [1.807, 2.05) is 18.2 Å². The average molecular weight is 288 g/mol. The van der Waals surface area contributed by atoms with E-state index < -0.39 is 0 Å². The second-order valence-corrected chi connectivity index (χ2v) is 6.06. The molecule has 5 heteroatoms. The Bertz CT molecular complexity index is 538. The van der Waals surface area contributed by atoms with Gasteiger partial charge < -0.3 is 9.88 Å². The Labute approximate surface area is 124 Å². The van der Waals surface area contributed by atoms with Crippen LogP contribution in [0.1, 0.15) is 25.1 Å². The molecule has 1 N–H and O–H groups in total. The largest absolute Gasteiger partial charge is 0.384 e. The Morgan fingerprint density at radius 1 is 1.10 bits per heavy atom. The summed E-state index contributed by atoms with van der Waals surface area (Å²) >= 11 is 1.80. The second-order valence-electron chi connectivity index (χ2n) is 5.00. The number of nitrogens with one attached hydrogen (secondary N) is 1. The number of fused-ring (bicyclic) bond motifs is 1. The Balaban J connectivity index is 1.50. The smallest absolute Gasteiger partial charge is 0.191 e. The Hall–Kier alpha value is -1.49. The van der Waals surface area contributed by atoms with Crippen LogP contribution >= 0.6 is 11.8 Å². The zero-order chi connectivity index (χ0) is 13.6. The molecule has 0 atom stereocenters. The summed E-state index contributed by atoms with van der Waals surface area (Å²) in [5.74, 6) is 2.17. The number of anilines is 1. The average Bonchev–Trinajstić information content (AvgIpc) is 2.72. The molecule has 106 valence electrons. The van der Waals surface area contributed by atoms with Gasteiger partial charge in [0.15, 0.2) is 5.16 Å². The Morgan fingerprint density at radius 3 is 2.90 bits per heavy atom. The molecule has 0 fully saturated rings. The summed E-state index contributed by atoms with van der Waals surface area (Å²) in [6.07, 6.45) is 4.89. The van der Waals surface area contributed by atoms with Crippen LogP contribution in [0.4, 0.5) is 5.69 Å². The predicted octanol–water partition coefficient (Wildman–Crippen LogP) is 3.21. The summed E-state index contributed by atoms with van der Waals surface area (Å²) in [5, 5.41) is 13.2. The molecule has 0 saturated heterocycles. The first-order valence-electron chi connectivity index (χ1n) is 7.27. The van der Waals surface area contributed by atoms with Gasteiger partial charge in [-0.05, 0) is 25.0 Å². The fourth-order valence-electron chi connectivity index (χ4n) is 2.46. The van der Waals surface area contributed by atoms with Crippen molar-refractivity contribution in [3.63, 3.8) is 0 Å². The van der Waals surface area contributed by atoms with Crippen molar-refractivity contribution in [3.05, 3.63) is 36.2 Å². The fraction of sp³-hybridized carbons (Fsp3) is 0.467. The topological polar surface area (TPSA) is 42.7 Å². The van der Waals surface area contributed by atoms with Crippen molar-refractivity contribution in [3.8, 4) is 0 Å². The lowest BCUT2D eigenvalue weighted by Crippen LogP contribution is -2.06. The molecule has 1 aromatic carbocycles. The second kappa shape index (κ2) is 6.79. The van der Waals surface area contributed by atoms with Gasteiger partial charge in [-0.2, -0.15) is 0 Å². The summed E-state index contributed by atoms with van der Waals surface area (Å²) < 4.78 is 2.31. The summed E-state index contributed by atoms with van der Waals surface area (Å²) in [4.78, 5) is 0. The third kappa shape index (κ3) is 3.33. The van der Waals surface area contributed by atoms with Crippen LogP contribution in [0.15, 0.2) is 35.5 Å². The van der Waals surface area contributed by atoms with E-state index in [-0.39, 0.29) is 0 Å². The maximum Gasteiger partial charge on any atom is 0.191 e. The van der Waals surface area contributed by atoms with Crippen LogP contribution < -0.4 is 5.32 Å². The van der Waals surface area contributed by atoms with E-state index in [1.54, 1.807) is 11.8 Å². The van der Waals surface area contributed by atoms with Gasteiger partial charge in [-0.25, -0.2) is 0 Å². The minimum atomic E-state index is 0.941. The lowest BCUT2D eigenvalue weighted by Gasteiger charge is -2.07. The molecule has 0 bridgehead atoms. The fourth-order valence-corrected chi connectivity index (χ4v) is 3.30. The summed E-state index contributed by atoms with van der Waals surface area (Å²) in [7, 11) is 0. The molecule has 3 rings (SSSR count). The number of hydrogen-bond acceptors (Lipinski definition) is 4. The number of thioether (sulfide) groups is 1. The molecule has 0 amide bonds. The minimum absolute atomic E-state index is 0.941. The van der Waals surface area contributed by atoms with Gasteiger partial charge >= 0.3 is 0 Å². The molecule has 1 aliphatic heterocycles. The first-order valence-corrected chi connectivity index (χ1v) is 8.26. The van der Waals surface area contributed by atoms with E-state index >= 15 is 0 Å². The third-order valence-corrected chi connectivity index (χ3v) is 4.48. The van der Waals surface area contributed by atoms with E-state index in [0.29, 0.717) is 0 Å². The molecule has 1 aromatic heterocycles. The molecule has 0 radical (unpaired) electrons. The van der Waals surface area contributed by atoms with Gasteiger partial charge in [0.1, 0.15) is 5.82 Å². The van der Waals surface area contributed by atoms with Gasteiger partial charge in [-0.3, -0.25) is 0 Å². The number of aryl methyl sites for hydroxylation is 1. The van der Waals surface area contributed by atoms with Crippen LogP contribution in [0.5, 0.6) is 0 Å². The van der Waals surface area contributed by atoms with Crippen LogP contribution in [0.25, 0.3) is 0 Å². The first kappa shape index (κ1) is 13.5. The number of para-hydroxylation sites is 1. The summed E-state index contributed by atoms with van der Waals surface area (Å²) in [5.41, 5.74) is 1.17. The molecule has 2 aromatic rings. The van der Waals surface area contributed by atoms with Gasteiger partial charge in [0, 0.05) is 31.0 Å². The zero-order valence-electron chi connectivity index (χ0n) is 11.6. The summed E-state index contributed by atoms with van der Waals surface area (Å²) in [6, 6.07) is 10.3. The predicted molar refractivity (Wildman–Crippen MR) is 83.2 cm³/mol. The monoisotopic (exact) mass is 288 g/mol. The highest BCUT2D eigenvalue weighted by Gasteiger charge is 2.14. The number of aromatic nitrogens is 3. The highest BCUT2D eigenvalue weighted by Crippen LogP contribution is 2.21. The van der Waals surface area contributed by atoms with Crippen molar-refractivity contribution in [1.82, 2.24) is 14.8 Å². The Morgan fingerprint density at radius 2 is 2.00 bits per heavy atom. The molecule has 0 spiro atoms. The van der Waals surface area contributed by atoms with Gasteiger partial charge in [-0.1, -0.05) is 36.4 Å². The summed E-state index contributed by atoms with van der Waals surface area (Å²) in [6.45, 7) is 2.02. The van der Waals surface area contributed by atoms with E-state index in [9.17, 15) is 0 Å². The van der Waals surface area contributed by atoms with Gasteiger partial charge in [0.05, 0.1) is 0 Å². The molecular formula is C15H20N4S. The van der Waals surface area contributed by atoms with Crippen molar-refractivity contribution in [2.24, 2.45) is 0 Å². The van der Waals surface area contributed by atoms with Gasteiger partial charge in [0.25, 0.3) is 0 Å². The third-order valence-electron chi connectivity index (χ3n) is 3.51. The van der Waals surface area contributed by atoms with Crippen molar-refractivity contribution in [2.75, 3.05) is 17.6 Å². The van der Waals surface area contributed by atoms with Gasteiger partial charge in [-0.15, -0.1) is 10.2 Å². The molecule has 2 heterocycles. The van der Waals surface area contributed by atoms with E-state index in [2.05, 4.69) is 32.2 Å².